The number of nitrogens with one attached hydrogen (secondary N) is 4. The maximum atomic E-state index is 11.9. The van der Waals surface area contributed by atoms with Gasteiger partial charge in [0.25, 0.3) is 5.91 Å². The molecule has 31 heavy (non-hydrogen) atoms. The van der Waals surface area contributed by atoms with Crippen LogP contribution in [0.1, 0.15) is 35.1 Å². The van der Waals surface area contributed by atoms with E-state index in [9.17, 15) is 9.59 Å². The number of amides is 3. The van der Waals surface area contributed by atoms with Gasteiger partial charge in [0.15, 0.2) is 5.65 Å². The van der Waals surface area contributed by atoms with Crippen LogP contribution in [0.3, 0.4) is 0 Å². The Bertz CT molecular complexity index is 1240. The number of hydrogen-bond donors (Lipinski definition) is 4. The highest BCUT2D eigenvalue weighted by atomic mass is 16.2. The van der Waals surface area contributed by atoms with Gasteiger partial charge in [-0.2, -0.15) is 19.6 Å². The molecular weight excluding hydrogens is 396 g/mol. The van der Waals surface area contributed by atoms with Crippen molar-refractivity contribution in [3.05, 3.63) is 52.3 Å². The molecule has 0 radical (unpaired) electrons. The molecule has 1 aromatic carbocycles. The molecule has 0 spiro atoms. The minimum absolute atomic E-state index is 0.153. The maximum Gasteiger partial charge on any atom is 0.326 e. The lowest BCUT2D eigenvalue weighted by atomic mass is 10.1. The molecule has 2 aliphatic rings. The minimum atomic E-state index is -0.547. The Balaban J connectivity index is 1.48. The fourth-order valence-corrected chi connectivity index (χ4v) is 3.31. The number of aryl methyl sites for hydroxylation is 2. The van der Waals surface area contributed by atoms with Gasteiger partial charge >= 0.3 is 6.03 Å². The summed E-state index contributed by atoms with van der Waals surface area (Å²) in [7, 11) is 0. The van der Waals surface area contributed by atoms with E-state index in [-0.39, 0.29) is 5.70 Å². The fraction of sp³-hybridized carbons (Fsp3) is 0.286. The molecular formula is C21H22N8O2. The lowest BCUT2D eigenvalue weighted by molar-refractivity contribution is -0.115. The van der Waals surface area contributed by atoms with E-state index in [1.807, 2.05) is 0 Å². The third-order valence-electron chi connectivity index (χ3n) is 5.35. The summed E-state index contributed by atoms with van der Waals surface area (Å²) in [6, 6.07) is 6.14. The third kappa shape index (κ3) is 3.91. The van der Waals surface area contributed by atoms with Gasteiger partial charge in [-0.05, 0) is 49.5 Å². The first-order chi connectivity index (χ1) is 15.0. The van der Waals surface area contributed by atoms with Crippen molar-refractivity contribution in [1.82, 2.24) is 30.2 Å². The lowest BCUT2D eigenvalue weighted by Gasteiger charge is -2.11. The number of aromatic nitrogens is 4. The molecule has 1 saturated heterocycles. The van der Waals surface area contributed by atoms with Crippen LogP contribution in [0.5, 0.6) is 0 Å². The molecule has 3 amide bonds. The second-order valence-corrected chi connectivity index (χ2v) is 7.86. The molecule has 1 saturated carbocycles. The Morgan fingerprint density at radius 2 is 2.00 bits per heavy atom. The van der Waals surface area contributed by atoms with Crippen LogP contribution < -0.4 is 21.3 Å². The largest absolute Gasteiger partial charge is 0.351 e. The highest BCUT2D eigenvalue weighted by Gasteiger charge is 2.25. The molecule has 0 atom stereocenters. The maximum absolute atomic E-state index is 11.9. The Morgan fingerprint density at radius 3 is 2.71 bits per heavy atom. The molecule has 158 valence electrons. The monoisotopic (exact) mass is 418 g/mol. The van der Waals surface area contributed by atoms with Gasteiger partial charge in [0.1, 0.15) is 5.70 Å². The van der Waals surface area contributed by atoms with Crippen LogP contribution in [0.2, 0.25) is 0 Å². The smallest absolute Gasteiger partial charge is 0.326 e. The van der Waals surface area contributed by atoms with Crippen molar-refractivity contribution in [1.29, 1.82) is 0 Å². The van der Waals surface area contributed by atoms with Gasteiger partial charge < -0.3 is 16.0 Å². The van der Waals surface area contributed by atoms with Crippen LogP contribution in [0.25, 0.3) is 11.7 Å². The van der Waals surface area contributed by atoms with Crippen LogP contribution >= 0.6 is 0 Å². The Kier molecular flexibility index (Phi) is 4.54. The van der Waals surface area contributed by atoms with Crippen LogP contribution in [-0.2, 0) is 11.3 Å². The molecule has 1 aliphatic heterocycles. The number of benzene rings is 1. The minimum Gasteiger partial charge on any atom is -0.351 e. The van der Waals surface area contributed by atoms with E-state index in [0.717, 1.165) is 18.4 Å². The van der Waals surface area contributed by atoms with Gasteiger partial charge in [0, 0.05) is 18.2 Å². The van der Waals surface area contributed by atoms with Crippen molar-refractivity contribution < 1.29 is 9.59 Å². The average molecular weight is 418 g/mol. The number of hydrogen-bond acceptors (Lipinski definition) is 7. The molecule has 1 aliphatic carbocycles. The lowest BCUT2D eigenvalue weighted by Crippen LogP contribution is -2.22. The van der Waals surface area contributed by atoms with Crippen molar-refractivity contribution in [2.45, 2.75) is 39.3 Å². The van der Waals surface area contributed by atoms with Crippen LogP contribution in [0.4, 0.5) is 16.7 Å². The van der Waals surface area contributed by atoms with E-state index < -0.39 is 11.9 Å². The summed E-state index contributed by atoms with van der Waals surface area (Å²) in [6.45, 7) is 4.74. The van der Waals surface area contributed by atoms with Crippen LogP contribution in [0, 0.1) is 13.8 Å². The van der Waals surface area contributed by atoms with Crippen molar-refractivity contribution in [3.63, 3.8) is 0 Å². The Morgan fingerprint density at radius 1 is 1.16 bits per heavy atom. The molecule has 2 fully saturated rings. The van der Waals surface area contributed by atoms with Gasteiger partial charge in [-0.15, -0.1) is 0 Å². The molecule has 10 nitrogen and oxygen atoms in total. The first-order valence-electron chi connectivity index (χ1n) is 10.1. The van der Waals surface area contributed by atoms with Crippen molar-refractivity contribution in [2.24, 2.45) is 0 Å². The van der Waals surface area contributed by atoms with Gasteiger partial charge in [0.2, 0.25) is 11.9 Å². The highest BCUT2D eigenvalue weighted by molar-refractivity contribution is 6.14. The predicted octanol–water partition coefficient (Wildman–Crippen LogP) is 2.11. The Hall–Kier alpha value is -3.95. The van der Waals surface area contributed by atoms with Gasteiger partial charge in [-0.1, -0.05) is 18.2 Å². The highest BCUT2D eigenvalue weighted by Crippen LogP contribution is 2.26. The Labute approximate surface area is 178 Å². The van der Waals surface area contributed by atoms with Gasteiger partial charge in [-0.25, -0.2) is 4.79 Å². The summed E-state index contributed by atoms with van der Waals surface area (Å²) in [5, 5.41) is 15.7. The van der Waals surface area contributed by atoms with Crippen LogP contribution in [0.15, 0.2) is 30.1 Å². The molecule has 2 aromatic heterocycles. The van der Waals surface area contributed by atoms with E-state index in [0.29, 0.717) is 35.7 Å². The third-order valence-corrected chi connectivity index (χ3v) is 5.35. The first-order valence-corrected chi connectivity index (χ1v) is 10.1. The SMILES string of the molecule is Cc1ccc(CNc2nc(NC3CC3)n3ncc(C=C4NC(=O)NC4=O)c3n2)cc1C. The zero-order chi connectivity index (χ0) is 21.5. The first kappa shape index (κ1) is 19.0. The quantitative estimate of drug-likeness (QED) is 0.357. The standard InChI is InChI=1S/C21H22N8O2/c1-11-3-4-13(7-12(11)2)9-22-19-26-17-14(8-16-18(30)27-21(31)25-16)10-23-29(17)20(28-19)24-15-5-6-15/h3-4,7-8,10,15H,5-6,9H2,1-2H3,(H2,22,24,26,28)(H2,25,27,30,31). The van der Waals surface area contributed by atoms with E-state index in [2.05, 4.69) is 68.4 Å². The molecule has 0 unspecified atom stereocenters. The number of fused-ring (bicyclic) bond motifs is 1. The molecule has 5 rings (SSSR count). The van der Waals surface area contributed by atoms with Crippen molar-refractivity contribution in [2.75, 3.05) is 10.6 Å². The number of imide groups is 1. The van der Waals surface area contributed by atoms with E-state index >= 15 is 0 Å². The van der Waals surface area contributed by atoms with Gasteiger partial charge in [0.05, 0.1) is 6.20 Å². The molecule has 3 aromatic rings. The van der Waals surface area contributed by atoms with E-state index in [4.69, 9.17) is 0 Å². The fourth-order valence-electron chi connectivity index (χ4n) is 3.31. The molecule has 4 N–H and O–H groups in total. The molecule has 3 heterocycles. The number of nitrogens with zero attached hydrogens (tertiary/aromatic N) is 4. The number of carbonyl (C=O) groups is 2. The van der Waals surface area contributed by atoms with Gasteiger partial charge in [-0.3, -0.25) is 10.1 Å². The number of urea groups is 1. The van der Waals surface area contributed by atoms with Crippen molar-refractivity contribution in [3.8, 4) is 0 Å². The molecule has 10 heteroatoms. The summed E-state index contributed by atoms with van der Waals surface area (Å²) >= 11 is 0. The topological polar surface area (TPSA) is 125 Å². The summed E-state index contributed by atoms with van der Waals surface area (Å²) in [4.78, 5) is 32.5. The van der Waals surface area contributed by atoms with Crippen molar-refractivity contribution >= 4 is 35.6 Å². The summed E-state index contributed by atoms with van der Waals surface area (Å²) in [6.07, 6.45) is 5.33. The second-order valence-electron chi connectivity index (χ2n) is 7.86. The number of carbonyl (C=O) groups excluding carboxylic acids is 2. The zero-order valence-electron chi connectivity index (χ0n) is 17.2. The molecule has 0 bridgehead atoms. The predicted molar refractivity (Wildman–Crippen MR) is 115 cm³/mol. The average Bonchev–Trinajstić information content (AvgIpc) is 3.37. The van der Waals surface area contributed by atoms with E-state index in [1.54, 1.807) is 16.8 Å². The summed E-state index contributed by atoms with van der Waals surface area (Å²) in [5.74, 6) is 0.552. The zero-order valence-corrected chi connectivity index (χ0v) is 17.2. The van der Waals surface area contributed by atoms with E-state index in [1.165, 1.54) is 11.1 Å². The number of anilines is 2. The number of rotatable bonds is 6. The summed E-state index contributed by atoms with van der Waals surface area (Å²) in [5.41, 5.74) is 4.89. The second kappa shape index (κ2) is 7.38. The summed E-state index contributed by atoms with van der Waals surface area (Å²) < 4.78 is 1.61. The normalized spacial score (nSPS) is 17.2. The van der Waals surface area contributed by atoms with Crippen LogP contribution in [-0.4, -0.2) is 37.6 Å².